The first kappa shape index (κ1) is 15.9. The van der Waals surface area contributed by atoms with Crippen LogP contribution in [-0.2, 0) is 11.3 Å². The maximum Gasteiger partial charge on any atom is 0.144 e. The largest absolute Gasteiger partial charge is 0.373 e. The van der Waals surface area contributed by atoms with E-state index in [1.807, 2.05) is 6.20 Å². The van der Waals surface area contributed by atoms with E-state index in [4.69, 9.17) is 4.74 Å². The summed E-state index contributed by atoms with van der Waals surface area (Å²) < 4.78 is 6.30. The number of hydrogen-bond acceptors (Lipinski definition) is 7. The van der Waals surface area contributed by atoms with E-state index in [0.717, 1.165) is 45.0 Å². The topological polar surface area (TPSA) is 63.2 Å². The molecule has 0 amide bonds. The minimum Gasteiger partial charge on any atom is -0.373 e. The van der Waals surface area contributed by atoms with Gasteiger partial charge in [-0.25, -0.2) is 9.97 Å². The summed E-state index contributed by atoms with van der Waals surface area (Å²) in [5.74, 6) is 1.37. The second-order valence-electron chi connectivity index (χ2n) is 6.78. The van der Waals surface area contributed by atoms with Gasteiger partial charge < -0.3 is 10.1 Å². The lowest BCUT2D eigenvalue weighted by Crippen LogP contribution is -2.47. The van der Waals surface area contributed by atoms with Crippen molar-refractivity contribution in [3.63, 3.8) is 0 Å². The molecule has 1 spiro atoms. The van der Waals surface area contributed by atoms with E-state index >= 15 is 0 Å². The van der Waals surface area contributed by atoms with Crippen molar-refractivity contribution in [1.29, 1.82) is 0 Å². The maximum absolute atomic E-state index is 6.30. The fourth-order valence-electron chi connectivity index (χ4n) is 3.84. The van der Waals surface area contributed by atoms with Gasteiger partial charge in [0.25, 0.3) is 0 Å². The summed E-state index contributed by atoms with van der Waals surface area (Å²) in [6, 6.07) is 0. The van der Waals surface area contributed by atoms with Crippen LogP contribution < -0.4 is 5.32 Å². The van der Waals surface area contributed by atoms with Gasteiger partial charge in [0.05, 0.1) is 24.9 Å². The third kappa shape index (κ3) is 3.74. The molecule has 4 rings (SSSR count). The monoisotopic (exact) mass is 345 g/mol. The smallest absolute Gasteiger partial charge is 0.144 e. The molecule has 2 aromatic rings. The van der Waals surface area contributed by atoms with E-state index in [-0.39, 0.29) is 5.60 Å². The molecule has 0 radical (unpaired) electrons. The highest BCUT2D eigenvalue weighted by atomic mass is 32.1. The number of rotatable bonds is 5. The molecular weight excluding hydrogens is 322 g/mol. The second kappa shape index (κ2) is 7.13. The molecule has 2 aromatic heterocycles. The summed E-state index contributed by atoms with van der Waals surface area (Å²) in [5.41, 5.74) is 0.0320. The number of thiazole rings is 1. The predicted molar refractivity (Wildman–Crippen MR) is 93.9 cm³/mol. The Balaban J connectivity index is 1.31. The van der Waals surface area contributed by atoms with Crippen molar-refractivity contribution < 1.29 is 4.74 Å². The number of nitrogens with zero attached hydrogens (tertiary/aromatic N) is 4. The number of anilines is 1. The first-order valence-corrected chi connectivity index (χ1v) is 9.44. The zero-order valence-corrected chi connectivity index (χ0v) is 14.5. The molecule has 2 aliphatic rings. The summed E-state index contributed by atoms with van der Waals surface area (Å²) in [6.45, 7) is 4.85. The average Bonchev–Trinajstić information content (AvgIpc) is 3.25. The predicted octanol–water partition coefficient (Wildman–Crippen LogP) is 2.42. The van der Waals surface area contributed by atoms with Crippen molar-refractivity contribution in [1.82, 2.24) is 19.9 Å². The third-order valence-corrected chi connectivity index (χ3v) is 5.65. The summed E-state index contributed by atoms with van der Waals surface area (Å²) in [5, 5.41) is 6.63. The van der Waals surface area contributed by atoms with Crippen LogP contribution in [0.4, 0.5) is 5.82 Å². The van der Waals surface area contributed by atoms with Crippen molar-refractivity contribution >= 4 is 17.2 Å². The quantitative estimate of drug-likeness (QED) is 0.898. The van der Waals surface area contributed by atoms with Crippen molar-refractivity contribution in [3.05, 3.63) is 35.2 Å². The van der Waals surface area contributed by atoms with Gasteiger partial charge in [0.1, 0.15) is 10.8 Å². The minimum atomic E-state index is 0.0320. The Morgan fingerprint density at radius 3 is 3.17 bits per heavy atom. The molecule has 128 valence electrons. The lowest BCUT2D eigenvalue weighted by atomic mass is 9.86. The molecule has 1 N–H and O–H groups in total. The van der Waals surface area contributed by atoms with Crippen LogP contribution in [0, 0.1) is 5.92 Å². The van der Waals surface area contributed by atoms with Gasteiger partial charge in [-0.1, -0.05) is 0 Å². The first-order chi connectivity index (χ1) is 11.8. The highest BCUT2D eigenvalue weighted by Gasteiger charge is 2.43. The Bertz CT molecular complexity index is 638. The van der Waals surface area contributed by atoms with E-state index in [0.29, 0.717) is 5.92 Å². The number of aromatic nitrogens is 3. The molecule has 0 aromatic carbocycles. The van der Waals surface area contributed by atoms with Crippen LogP contribution >= 0.6 is 11.3 Å². The molecule has 4 heterocycles. The van der Waals surface area contributed by atoms with E-state index in [2.05, 4.69) is 30.5 Å². The summed E-state index contributed by atoms with van der Waals surface area (Å²) in [6.07, 6.45) is 10.6. The van der Waals surface area contributed by atoms with Gasteiger partial charge in [-0.15, -0.1) is 11.3 Å². The molecule has 0 saturated carbocycles. The molecule has 2 fully saturated rings. The van der Waals surface area contributed by atoms with Crippen molar-refractivity contribution in [2.45, 2.75) is 31.4 Å². The van der Waals surface area contributed by atoms with Gasteiger partial charge in [0.15, 0.2) is 0 Å². The molecule has 24 heavy (non-hydrogen) atoms. The molecular formula is C17H23N5OS. The van der Waals surface area contributed by atoms with E-state index in [1.54, 1.807) is 29.9 Å². The van der Waals surface area contributed by atoms with Gasteiger partial charge in [0.2, 0.25) is 0 Å². The summed E-state index contributed by atoms with van der Waals surface area (Å²) in [7, 11) is 0. The molecule has 7 heteroatoms. The fraction of sp³-hybridized carbons (Fsp3) is 0.588. The summed E-state index contributed by atoms with van der Waals surface area (Å²) in [4.78, 5) is 15.3. The molecule has 2 unspecified atom stereocenters. The third-order valence-electron chi connectivity index (χ3n) is 4.88. The SMILES string of the molecule is c1cnc(NCC2COC3(CCCN(Cc4nccs4)C3)C2)cn1. The second-order valence-corrected chi connectivity index (χ2v) is 7.75. The van der Waals surface area contributed by atoms with Crippen LogP contribution in [0.1, 0.15) is 24.3 Å². The van der Waals surface area contributed by atoms with Crippen LogP contribution in [-0.4, -0.2) is 51.7 Å². The fourth-order valence-corrected chi connectivity index (χ4v) is 4.50. The van der Waals surface area contributed by atoms with Crippen LogP contribution in [0.3, 0.4) is 0 Å². The highest BCUT2D eigenvalue weighted by Crippen LogP contribution is 2.37. The van der Waals surface area contributed by atoms with Crippen molar-refractivity contribution in [2.24, 2.45) is 5.92 Å². The van der Waals surface area contributed by atoms with Crippen molar-refractivity contribution in [2.75, 3.05) is 31.6 Å². The Hall–Kier alpha value is -1.57. The number of piperidine rings is 1. The zero-order chi connectivity index (χ0) is 16.2. The average molecular weight is 345 g/mol. The normalized spacial score (nSPS) is 27.6. The van der Waals surface area contributed by atoms with E-state index < -0.39 is 0 Å². The molecule has 6 nitrogen and oxygen atoms in total. The van der Waals surface area contributed by atoms with Gasteiger partial charge in [-0.2, -0.15) is 0 Å². The molecule has 2 atom stereocenters. The van der Waals surface area contributed by atoms with Crippen molar-refractivity contribution in [3.8, 4) is 0 Å². The van der Waals surface area contributed by atoms with E-state index in [9.17, 15) is 0 Å². The maximum atomic E-state index is 6.30. The first-order valence-electron chi connectivity index (χ1n) is 8.56. The van der Waals surface area contributed by atoms with Crippen LogP contribution in [0.25, 0.3) is 0 Å². The van der Waals surface area contributed by atoms with Crippen LogP contribution in [0.2, 0.25) is 0 Å². The van der Waals surface area contributed by atoms with Gasteiger partial charge in [0, 0.05) is 43.0 Å². The Labute approximate surface area is 146 Å². The minimum absolute atomic E-state index is 0.0320. The Morgan fingerprint density at radius 1 is 1.33 bits per heavy atom. The standard InChI is InChI=1S/C17H23N5OS/c1-2-17(13-22(6-1)11-16-20-5-7-24-16)8-14(12-23-17)9-21-15-10-18-3-4-19-15/h3-5,7,10,14H,1-2,6,8-9,11-13H2,(H,19,21). The van der Waals surface area contributed by atoms with Gasteiger partial charge in [-0.3, -0.25) is 9.88 Å². The highest BCUT2D eigenvalue weighted by molar-refractivity contribution is 7.09. The van der Waals surface area contributed by atoms with E-state index in [1.165, 1.54) is 17.8 Å². The molecule has 0 aliphatic carbocycles. The molecule has 2 saturated heterocycles. The Kier molecular flexibility index (Phi) is 4.73. The number of hydrogen-bond donors (Lipinski definition) is 1. The van der Waals surface area contributed by atoms with Gasteiger partial charge >= 0.3 is 0 Å². The lowest BCUT2D eigenvalue weighted by molar-refractivity contribution is -0.0535. The number of nitrogens with one attached hydrogen (secondary N) is 1. The number of ether oxygens (including phenoxy) is 1. The Morgan fingerprint density at radius 2 is 2.33 bits per heavy atom. The van der Waals surface area contributed by atoms with Crippen LogP contribution in [0.5, 0.6) is 0 Å². The zero-order valence-electron chi connectivity index (χ0n) is 13.7. The molecule has 0 bridgehead atoms. The van der Waals surface area contributed by atoms with Crippen LogP contribution in [0.15, 0.2) is 30.2 Å². The lowest BCUT2D eigenvalue weighted by Gasteiger charge is -2.39. The molecule has 2 aliphatic heterocycles. The number of likely N-dealkylation sites (tertiary alicyclic amines) is 1. The van der Waals surface area contributed by atoms with Gasteiger partial charge in [-0.05, 0) is 25.8 Å². The summed E-state index contributed by atoms with van der Waals surface area (Å²) >= 11 is 1.74.